The Kier molecular flexibility index (Phi) is 3.75. The molecule has 1 saturated carbocycles. The van der Waals surface area contributed by atoms with Crippen LogP contribution in [0.1, 0.15) is 32.1 Å². The first-order valence-corrected chi connectivity index (χ1v) is 7.36. The minimum atomic E-state index is -0.304. The fourth-order valence-electron chi connectivity index (χ4n) is 2.72. The van der Waals surface area contributed by atoms with Crippen molar-refractivity contribution in [2.75, 3.05) is 18.0 Å². The molecule has 1 aromatic rings. The predicted octanol–water partition coefficient (Wildman–Crippen LogP) is 1.53. The number of piperidine rings is 1. The normalized spacial score (nSPS) is 23.3. The molecule has 2 fully saturated rings. The Morgan fingerprint density at radius 3 is 2.89 bits per heavy atom. The largest absolute Gasteiger partial charge is 0.364 e. The van der Waals surface area contributed by atoms with Gasteiger partial charge in [0.1, 0.15) is 5.02 Å². The number of nitrogens with zero attached hydrogens (tertiary/aromatic N) is 2. The lowest BCUT2D eigenvalue weighted by Crippen LogP contribution is -2.45. The van der Waals surface area contributed by atoms with Crippen molar-refractivity contribution in [3.63, 3.8) is 0 Å². The molecular formula is C13H19ClN4O. The summed E-state index contributed by atoms with van der Waals surface area (Å²) < 4.78 is 0. The SMILES string of the molecule is O=c1[nH]ncc(N(CC2CCCCN2)C2CC2)c1Cl. The number of nitrogens with one attached hydrogen (secondary N) is 2. The summed E-state index contributed by atoms with van der Waals surface area (Å²) in [5, 5.41) is 10.1. The molecule has 1 unspecified atom stereocenters. The van der Waals surface area contributed by atoms with Crippen molar-refractivity contribution < 1.29 is 0 Å². The van der Waals surface area contributed by atoms with Crippen molar-refractivity contribution in [1.29, 1.82) is 0 Å². The Balaban J connectivity index is 1.80. The van der Waals surface area contributed by atoms with Gasteiger partial charge in [-0.3, -0.25) is 4.79 Å². The third-order valence-electron chi connectivity index (χ3n) is 3.90. The zero-order chi connectivity index (χ0) is 13.2. The van der Waals surface area contributed by atoms with Crippen LogP contribution in [0.5, 0.6) is 0 Å². The van der Waals surface area contributed by atoms with Gasteiger partial charge in [-0.05, 0) is 32.2 Å². The Bertz CT molecular complexity index is 494. The fraction of sp³-hybridized carbons (Fsp3) is 0.692. The first kappa shape index (κ1) is 12.9. The molecule has 0 radical (unpaired) electrons. The highest BCUT2D eigenvalue weighted by Gasteiger charge is 2.32. The van der Waals surface area contributed by atoms with Gasteiger partial charge in [0, 0.05) is 18.6 Å². The van der Waals surface area contributed by atoms with Gasteiger partial charge in [-0.1, -0.05) is 18.0 Å². The molecule has 1 aliphatic carbocycles. The second-order valence-corrected chi connectivity index (χ2v) is 5.81. The minimum Gasteiger partial charge on any atom is -0.364 e. The second-order valence-electron chi connectivity index (χ2n) is 5.43. The van der Waals surface area contributed by atoms with Gasteiger partial charge < -0.3 is 10.2 Å². The van der Waals surface area contributed by atoms with Gasteiger partial charge in [-0.15, -0.1) is 0 Å². The van der Waals surface area contributed by atoms with Gasteiger partial charge in [0.15, 0.2) is 0 Å². The first-order chi connectivity index (χ1) is 9.25. The van der Waals surface area contributed by atoms with E-state index in [9.17, 15) is 4.79 Å². The Labute approximate surface area is 117 Å². The molecule has 1 aliphatic heterocycles. The molecule has 0 spiro atoms. The average Bonchev–Trinajstić information content (AvgIpc) is 3.25. The molecule has 1 aromatic heterocycles. The van der Waals surface area contributed by atoms with Crippen LogP contribution >= 0.6 is 11.6 Å². The molecule has 1 saturated heterocycles. The zero-order valence-electron chi connectivity index (χ0n) is 10.9. The number of rotatable bonds is 4. The Morgan fingerprint density at radius 2 is 2.21 bits per heavy atom. The fourth-order valence-corrected chi connectivity index (χ4v) is 2.92. The maximum Gasteiger partial charge on any atom is 0.285 e. The van der Waals surface area contributed by atoms with Gasteiger partial charge in [-0.25, -0.2) is 5.10 Å². The van der Waals surface area contributed by atoms with Crippen LogP contribution in [-0.2, 0) is 0 Å². The molecule has 0 aromatic carbocycles. The number of halogens is 1. The van der Waals surface area contributed by atoms with Gasteiger partial charge in [0.2, 0.25) is 0 Å². The zero-order valence-corrected chi connectivity index (χ0v) is 11.6. The third-order valence-corrected chi connectivity index (χ3v) is 4.27. The molecule has 2 heterocycles. The topological polar surface area (TPSA) is 61.0 Å². The van der Waals surface area contributed by atoms with Crippen molar-refractivity contribution in [3.05, 3.63) is 21.6 Å². The second kappa shape index (κ2) is 5.51. The molecule has 1 atom stereocenters. The van der Waals surface area contributed by atoms with Crippen LogP contribution in [0.2, 0.25) is 5.02 Å². The van der Waals surface area contributed by atoms with Crippen molar-refractivity contribution in [1.82, 2.24) is 15.5 Å². The van der Waals surface area contributed by atoms with Crippen molar-refractivity contribution in [2.45, 2.75) is 44.2 Å². The highest BCUT2D eigenvalue weighted by atomic mass is 35.5. The summed E-state index contributed by atoms with van der Waals surface area (Å²) in [7, 11) is 0. The number of hydrogen-bond acceptors (Lipinski definition) is 4. The monoisotopic (exact) mass is 282 g/mol. The molecule has 3 rings (SSSR count). The molecule has 6 heteroatoms. The van der Waals surface area contributed by atoms with Crippen LogP contribution in [0, 0.1) is 0 Å². The number of H-pyrrole nitrogens is 1. The van der Waals surface area contributed by atoms with E-state index in [-0.39, 0.29) is 10.6 Å². The molecule has 2 N–H and O–H groups in total. The summed E-state index contributed by atoms with van der Waals surface area (Å²) >= 11 is 6.13. The molecule has 0 bridgehead atoms. The minimum absolute atomic E-state index is 0.262. The van der Waals surface area contributed by atoms with Gasteiger partial charge in [0.05, 0.1) is 11.9 Å². The Hall–Kier alpha value is -1.07. The van der Waals surface area contributed by atoms with E-state index in [0.717, 1.165) is 18.8 Å². The Morgan fingerprint density at radius 1 is 1.37 bits per heavy atom. The van der Waals surface area contributed by atoms with E-state index >= 15 is 0 Å². The third kappa shape index (κ3) is 2.92. The van der Waals surface area contributed by atoms with E-state index < -0.39 is 0 Å². The molecule has 19 heavy (non-hydrogen) atoms. The van der Waals surface area contributed by atoms with Crippen molar-refractivity contribution in [2.24, 2.45) is 0 Å². The number of hydrogen-bond donors (Lipinski definition) is 2. The van der Waals surface area contributed by atoms with E-state index in [0.29, 0.717) is 12.1 Å². The lowest BCUT2D eigenvalue weighted by Gasteiger charge is -2.32. The molecule has 0 amide bonds. The maximum atomic E-state index is 11.6. The average molecular weight is 283 g/mol. The molecular weight excluding hydrogens is 264 g/mol. The summed E-state index contributed by atoms with van der Waals surface area (Å²) in [5.74, 6) is 0. The van der Waals surface area contributed by atoms with E-state index in [1.807, 2.05) is 0 Å². The lowest BCUT2D eigenvalue weighted by atomic mass is 10.0. The van der Waals surface area contributed by atoms with Crippen LogP contribution in [0.3, 0.4) is 0 Å². The van der Waals surface area contributed by atoms with Crippen LogP contribution in [0.4, 0.5) is 5.69 Å². The summed E-state index contributed by atoms with van der Waals surface area (Å²) in [6, 6.07) is 1.01. The summed E-state index contributed by atoms with van der Waals surface area (Å²) in [5.41, 5.74) is 0.474. The summed E-state index contributed by atoms with van der Waals surface area (Å²) in [4.78, 5) is 13.8. The van der Waals surface area contributed by atoms with Gasteiger partial charge >= 0.3 is 0 Å². The van der Waals surface area contributed by atoms with Crippen LogP contribution in [0.15, 0.2) is 11.0 Å². The first-order valence-electron chi connectivity index (χ1n) is 6.99. The standard InChI is InChI=1S/C13H19ClN4O/c14-12-11(7-16-17-13(12)19)18(10-4-5-10)8-9-3-1-2-6-15-9/h7,9-10,15H,1-6,8H2,(H,17,19). The smallest absolute Gasteiger partial charge is 0.285 e. The lowest BCUT2D eigenvalue weighted by molar-refractivity contribution is 0.398. The number of aromatic amines is 1. The molecule has 104 valence electrons. The summed E-state index contributed by atoms with van der Waals surface area (Å²) in [6.45, 7) is 2.00. The van der Waals surface area contributed by atoms with Gasteiger partial charge in [-0.2, -0.15) is 5.10 Å². The number of anilines is 1. The van der Waals surface area contributed by atoms with E-state index in [2.05, 4.69) is 20.4 Å². The van der Waals surface area contributed by atoms with E-state index in [1.165, 1.54) is 32.1 Å². The van der Waals surface area contributed by atoms with Crippen molar-refractivity contribution in [3.8, 4) is 0 Å². The van der Waals surface area contributed by atoms with Crippen LogP contribution in [-0.4, -0.2) is 35.4 Å². The van der Waals surface area contributed by atoms with Crippen LogP contribution in [0.25, 0.3) is 0 Å². The number of aromatic nitrogens is 2. The van der Waals surface area contributed by atoms with E-state index in [4.69, 9.17) is 11.6 Å². The van der Waals surface area contributed by atoms with Gasteiger partial charge in [0.25, 0.3) is 5.56 Å². The molecule has 2 aliphatic rings. The maximum absolute atomic E-state index is 11.6. The molecule has 5 nitrogen and oxygen atoms in total. The van der Waals surface area contributed by atoms with Crippen molar-refractivity contribution >= 4 is 17.3 Å². The highest BCUT2D eigenvalue weighted by Crippen LogP contribution is 2.34. The highest BCUT2D eigenvalue weighted by molar-refractivity contribution is 6.33. The predicted molar refractivity (Wildman–Crippen MR) is 75.9 cm³/mol. The summed E-state index contributed by atoms with van der Waals surface area (Å²) in [6.07, 6.45) is 7.75. The van der Waals surface area contributed by atoms with Crippen LogP contribution < -0.4 is 15.8 Å². The van der Waals surface area contributed by atoms with E-state index in [1.54, 1.807) is 6.20 Å². The quantitative estimate of drug-likeness (QED) is 0.879.